The Morgan fingerprint density at radius 3 is 2.75 bits per heavy atom. The number of nitrogens with zero attached hydrogens (tertiary/aromatic N) is 2. The van der Waals surface area contributed by atoms with E-state index in [4.69, 9.17) is 14.2 Å². The number of hydrogen-bond acceptors (Lipinski definition) is 7. The number of rotatable bonds is 6. The van der Waals surface area contributed by atoms with Gasteiger partial charge in [0.15, 0.2) is 4.80 Å². The average Bonchev–Trinajstić information content (AvgIpc) is 3.43. The molecule has 1 aliphatic rings. The number of fused-ring (bicyclic) bond motifs is 2. The van der Waals surface area contributed by atoms with Crippen LogP contribution in [-0.4, -0.2) is 36.3 Å². The topological polar surface area (TPSA) is 94.9 Å². The summed E-state index contributed by atoms with van der Waals surface area (Å²) in [5.41, 5.74) is 3.06. The summed E-state index contributed by atoms with van der Waals surface area (Å²) in [7, 11) is 3.11. The summed E-state index contributed by atoms with van der Waals surface area (Å²) in [6.45, 7) is 3.70. The molecule has 0 radical (unpaired) electrons. The van der Waals surface area contributed by atoms with Gasteiger partial charge < -0.3 is 19.2 Å². The van der Waals surface area contributed by atoms with Crippen molar-refractivity contribution in [3.05, 3.63) is 90.7 Å². The number of thiazole rings is 1. The molecule has 0 bridgehead atoms. The maximum atomic E-state index is 13.8. The van der Waals surface area contributed by atoms with Crippen molar-refractivity contribution in [3.8, 4) is 11.5 Å². The Morgan fingerprint density at radius 2 is 2.00 bits per heavy atom. The van der Waals surface area contributed by atoms with E-state index >= 15 is 0 Å². The second-order valence-corrected chi connectivity index (χ2v) is 9.21. The molecule has 0 saturated heterocycles. The van der Waals surface area contributed by atoms with E-state index in [-0.39, 0.29) is 12.2 Å². The van der Waals surface area contributed by atoms with E-state index < -0.39 is 12.0 Å². The van der Waals surface area contributed by atoms with Gasteiger partial charge in [0.1, 0.15) is 17.5 Å². The molecule has 8 nitrogen and oxygen atoms in total. The first-order valence-electron chi connectivity index (χ1n) is 11.4. The third-order valence-electron chi connectivity index (χ3n) is 6.16. The van der Waals surface area contributed by atoms with Crippen molar-refractivity contribution < 1.29 is 19.0 Å². The zero-order chi connectivity index (χ0) is 25.4. The molecule has 0 saturated carbocycles. The van der Waals surface area contributed by atoms with Gasteiger partial charge in [-0.1, -0.05) is 29.5 Å². The molecule has 1 aliphatic heterocycles. The van der Waals surface area contributed by atoms with Crippen LogP contribution < -0.4 is 24.4 Å². The summed E-state index contributed by atoms with van der Waals surface area (Å²) >= 11 is 1.28. The number of carbonyl (C=O) groups is 1. The number of nitrogens with one attached hydrogen (secondary N) is 1. The minimum atomic E-state index is -0.772. The summed E-state index contributed by atoms with van der Waals surface area (Å²) in [5, 5.41) is 1.01. The van der Waals surface area contributed by atoms with E-state index in [1.54, 1.807) is 50.8 Å². The smallest absolute Gasteiger partial charge is 0.338 e. The Kier molecular flexibility index (Phi) is 6.24. The first-order chi connectivity index (χ1) is 17.5. The summed E-state index contributed by atoms with van der Waals surface area (Å²) < 4.78 is 18.4. The van der Waals surface area contributed by atoms with Crippen molar-refractivity contribution in [2.75, 3.05) is 20.8 Å². The fraction of sp³-hybridized carbons (Fsp3) is 0.222. The van der Waals surface area contributed by atoms with Crippen LogP contribution in [0.2, 0.25) is 0 Å². The molecule has 4 aromatic rings. The zero-order valence-corrected chi connectivity index (χ0v) is 21.1. The van der Waals surface area contributed by atoms with Crippen molar-refractivity contribution >= 4 is 34.3 Å². The monoisotopic (exact) mass is 503 g/mol. The highest BCUT2D eigenvalue weighted by atomic mass is 32.1. The lowest BCUT2D eigenvalue weighted by molar-refractivity contribution is -0.139. The fourth-order valence-corrected chi connectivity index (χ4v) is 5.52. The van der Waals surface area contributed by atoms with Crippen LogP contribution in [0.4, 0.5) is 0 Å². The molecule has 5 rings (SSSR count). The molecule has 3 heterocycles. The quantitative estimate of drug-likeness (QED) is 0.408. The number of benzene rings is 2. The molecule has 0 fully saturated rings. The number of esters is 1. The highest BCUT2D eigenvalue weighted by molar-refractivity contribution is 7.07. The number of hydrogen-bond donors (Lipinski definition) is 1. The lowest BCUT2D eigenvalue weighted by atomic mass is 9.95. The summed E-state index contributed by atoms with van der Waals surface area (Å²) in [4.78, 5) is 35.3. The van der Waals surface area contributed by atoms with Crippen LogP contribution in [0.5, 0.6) is 11.5 Å². The van der Waals surface area contributed by atoms with Crippen molar-refractivity contribution in [3.63, 3.8) is 0 Å². The minimum absolute atomic E-state index is 0.201. The Balaban J connectivity index is 1.77. The van der Waals surface area contributed by atoms with Crippen LogP contribution in [0.15, 0.2) is 69.7 Å². The fourth-order valence-electron chi connectivity index (χ4n) is 4.48. The molecule has 1 atom stereocenters. The second-order valence-electron chi connectivity index (χ2n) is 8.20. The first kappa shape index (κ1) is 23.6. The van der Waals surface area contributed by atoms with E-state index in [2.05, 4.69) is 9.98 Å². The Morgan fingerprint density at radius 1 is 1.19 bits per heavy atom. The number of methoxy groups -OCH3 is 2. The van der Waals surface area contributed by atoms with Gasteiger partial charge in [0, 0.05) is 34.3 Å². The van der Waals surface area contributed by atoms with Gasteiger partial charge in [-0.2, -0.15) is 0 Å². The van der Waals surface area contributed by atoms with Crippen LogP contribution in [0, 0.1) is 0 Å². The molecule has 2 aromatic heterocycles. The average molecular weight is 504 g/mol. The Labute approximate surface area is 210 Å². The third kappa shape index (κ3) is 3.91. The van der Waals surface area contributed by atoms with Crippen molar-refractivity contribution in [2.24, 2.45) is 4.99 Å². The Hall–Kier alpha value is -4.11. The van der Waals surface area contributed by atoms with Gasteiger partial charge in [-0.15, -0.1) is 0 Å². The standard InChI is InChI=1S/C27H25N3O5S/c1-5-35-26(32)23-15(2)29-27-30(24(23)19-11-10-17(33-3)13-21(19)34-4)25(31)22(36-27)12-16-14-28-20-9-7-6-8-18(16)20/h6-14,24,28H,5H2,1-4H3/b22-12-/t24-/m1/s1. The van der Waals surface area contributed by atoms with Crippen molar-refractivity contribution in [1.29, 1.82) is 0 Å². The first-order valence-corrected chi connectivity index (χ1v) is 12.3. The molecule has 9 heteroatoms. The highest BCUT2D eigenvalue weighted by Crippen LogP contribution is 2.37. The van der Waals surface area contributed by atoms with E-state index in [0.29, 0.717) is 37.7 Å². The number of H-pyrrole nitrogens is 1. The number of carbonyl (C=O) groups excluding carboxylic acids is 1. The predicted octanol–water partition coefficient (Wildman–Crippen LogP) is 3.30. The van der Waals surface area contributed by atoms with Gasteiger partial charge in [0.05, 0.1) is 36.6 Å². The molecular formula is C27H25N3O5S. The van der Waals surface area contributed by atoms with Gasteiger partial charge in [0.2, 0.25) is 0 Å². The number of aromatic nitrogens is 2. The van der Waals surface area contributed by atoms with E-state index in [1.165, 1.54) is 11.3 Å². The van der Waals surface area contributed by atoms with Gasteiger partial charge in [-0.25, -0.2) is 9.79 Å². The molecule has 0 unspecified atom stereocenters. The second kappa shape index (κ2) is 9.50. The lowest BCUT2D eigenvalue weighted by Crippen LogP contribution is -2.40. The number of para-hydroxylation sites is 1. The van der Waals surface area contributed by atoms with Gasteiger partial charge in [0.25, 0.3) is 5.56 Å². The van der Waals surface area contributed by atoms with Gasteiger partial charge in [-0.05, 0) is 38.1 Å². The molecule has 2 aromatic carbocycles. The number of allylic oxidation sites excluding steroid dienone is 1. The van der Waals surface area contributed by atoms with Gasteiger partial charge >= 0.3 is 5.97 Å². The SMILES string of the molecule is CCOC(=O)C1=C(C)N=c2s/c(=C\c3c[nH]c4ccccc34)c(=O)n2[C@@H]1c1ccc(OC)cc1OC. The highest BCUT2D eigenvalue weighted by Gasteiger charge is 2.35. The Bertz CT molecular complexity index is 1690. The maximum absolute atomic E-state index is 13.8. The molecule has 184 valence electrons. The molecule has 0 amide bonds. The summed E-state index contributed by atoms with van der Waals surface area (Å²) in [5.74, 6) is 0.565. The van der Waals surface area contributed by atoms with Crippen molar-refractivity contribution in [1.82, 2.24) is 9.55 Å². The molecule has 0 spiro atoms. The minimum Gasteiger partial charge on any atom is -0.497 e. The van der Waals surface area contributed by atoms with E-state index in [1.807, 2.05) is 36.5 Å². The molecule has 36 heavy (non-hydrogen) atoms. The summed E-state index contributed by atoms with van der Waals surface area (Å²) in [6, 6.07) is 12.4. The van der Waals surface area contributed by atoms with Crippen LogP contribution in [0.3, 0.4) is 0 Å². The largest absolute Gasteiger partial charge is 0.497 e. The maximum Gasteiger partial charge on any atom is 0.338 e. The normalized spacial score (nSPS) is 15.6. The van der Waals surface area contributed by atoms with E-state index in [0.717, 1.165) is 16.5 Å². The van der Waals surface area contributed by atoms with Crippen LogP contribution >= 0.6 is 11.3 Å². The van der Waals surface area contributed by atoms with Gasteiger partial charge in [-0.3, -0.25) is 9.36 Å². The van der Waals surface area contributed by atoms with Crippen molar-refractivity contribution in [2.45, 2.75) is 19.9 Å². The van der Waals surface area contributed by atoms with Crippen LogP contribution in [0.1, 0.15) is 31.0 Å². The lowest BCUT2D eigenvalue weighted by Gasteiger charge is -2.26. The molecule has 0 aliphatic carbocycles. The predicted molar refractivity (Wildman–Crippen MR) is 138 cm³/mol. The number of aromatic amines is 1. The van der Waals surface area contributed by atoms with E-state index in [9.17, 15) is 9.59 Å². The van der Waals surface area contributed by atoms with Crippen LogP contribution in [0.25, 0.3) is 17.0 Å². The molecule has 1 N–H and O–H groups in total. The van der Waals surface area contributed by atoms with Crippen LogP contribution in [-0.2, 0) is 9.53 Å². The number of ether oxygens (including phenoxy) is 3. The molecular weight excluding hydrogens is 478 g/mol. The zero-order valence-electron chi connectivity index (χ0n) is 20.3. The summed E-state index contributed by atoms with van der Waals surface area (Å²) in [6.07, 6.45) is 3.73. The third-order valence-corrected chi connectivity index (χ3v) is 7.14.